The fraction of sp³-hybridized carbons (Fsp3) is 0.550. The van der Waals surface area contributed by atoms with Crippen molar-refractivity contribution in [1.82, 2.24) is 14.9 Å². The molecule has 1 unspecified atom stereocenters. The molecule has 0 radical (unpaired) electrons. The third-order valence-corrected chi connectivity index (χ3v) is 4.79. The molecule has 1 fully saturated rings. The maximum Gasteiger partial charge on any atom is 0.223 e. The van der Waals surface area contributed by atoms with Crippen molar-refractivity contribution >= 4 is 17.5 Å². The highest BCUT2D eigenvalue weighted by Gasteiger charge is 2.26. The van der Waals surface area contributed by atoms with Gasteiger partial charge in [-0.1, -0.05) is 32.4 Å². The second kappa shape index (κ2) is 8.30. The standard InChI is InChI=1S/C20H26ClN3O3/c1-20(2,3)16-12-23-18(27-16)8-9-19(25)24-10-4-5-15(13-24)26-17-7-6-14(21)11-22-17/h6-7,11-12,15H,4-5,8-10,13H2,1-3H3. The molecule has 3 rings (SSSR count). The molecule has 1 aliphatic rings. The van der Waals surface area contributed by atoms with E-state index in [0.717, 1.165) is 25.1 Å². The van der Waals surface area contributed by atoms with Gasteiger partial charge in [0.1, 0.15) is 11.9 Å². The molecule has 1 atom stereocenters. The third kappa shape index (κ3) is 5.45. The molecule has 27 heavy (non-hydrogen) atoms. The fourth-order valence-electron chi connectivity index (χ4n) is 3.01. The summed E-state index contributed by atoms with van der Waals surface area (Å²) in [6.45, 7) is 7.55. The highest BCUT2D eigenvalue weighted by atomic mass is 35.5. The molecule has 2 aromatic heterocycles. The van der Waals surface area contributed by atoms with Crippen molar-refractivity contribution in [2.75, 3.05) is 13.1 Å². The lowest BCUT2D eigenvalue weighted by Gasteiger charge is -2.32. The van der Waals surface area contributed by atoms with Crippen LogP contribution in [0, 0.1) is 0 Å². The number of oxazole rings is 1. The average Bonchev–Trinajstić information content (AvgIpc) is 3.11. The molecule has 2 aromatic rings. The molecule has 146 valence electrons. The number of likely N-dealkylation sites (tertiary alicyclic amines) is 1. The second-order valence-electron chi connectivity index (χ2n) is 7.90. The third-order valence-electron chi connectivity index (χ3n) is 4.56. The van der Waals surface area contributed by atoms with Gasteiger partial charge in [-0.2, -0.15) is 0 Å². The number of halogens is 1. The minimum atomic E-state index is -0.0810. The Kier molecular flexibility index (Phi) is 6.05. The van der Waals surface area contributed by atoms with Crippen LogP contribution in [0.3, 0.4) is 0 Å². The Balaban J connectivity index is 1.50. The van der Waals surface area contributed by atoms with Gasteiger partial charge >= 0.3 is 0 Å². The Morgan fingerprint density at radius 2 is 2.15 bits per heavy atom. The number of aromatic nitrogens is 2. The van der Waals surface area contributed by atoms with Crippen molar-refractivity contribution in [2.45, 2.75) is 58.0 Å². The van der Waals surface area contributed by atoms with E-state index in [-0.39, 0.29) is 17.4 Å². The predicted octanol–water partition coefficient (Wildman–Crippen LogP) is 4.02. The second-order valence-corrected chi connectivity index (χ2v) is 8.34. The highest BCUT2D eigenvalue weighted by molar-refractivity contribution is 6.30. The maximum atomic E-state index is 12.6. The molecule has 0 bridgehead atoms. The van der Waals surface area contributed by atoms with Crippen molar-refractivity contribution in [2.24, 2.45) is 0 Å². The number of ether oxygens (including phenoxy) is 1. The summed E-state index contributed by atoms with van der Waals surface area (Å²) in [7, 11) is 0. The summed E-state index contributed by atoms with van der Waals surface area (Å²) >= 11 is 5.85. The molecule has 6 nitrogen and oxygen atoms in total. The van der Waals surface area contributed by atoms with Crippen LogP contribution in [0.1, 0.15) is 51.7 Å². The van der Waals surface area contributed by atoms with E-state index in [1.54, 1.807) is 24.5 Å². The number of pyridine rings is 1. The Morgan fingerprint density at radius 3 is 2.81 bits per heavy atom. The monoisotopic (exact) mass is 391 g/mol. The maximum absolute atomic E-state index is 12.6. The molecule has 1 saturated heterocycles. The van der Waals surface area contributed by atoms with Crippen LogP contribution in [0.4, 0.5) is 0 Å². The number of carbonyl (C=O) groups excluding carboxylic acids is 1. The number of piperidine rings is 1. The number of rotatable bonds is 5. The minimum Gasteiger partial charge on any atom is -0.472 e. The zero-order valence-corrected chi connectivity index (χ0v) is 16.8. The van der Waals surface area contributed by atoms with Crippen LogP contribution in [-0.4, -0.2) is 40.0 Å². The summed E-state index contributed by atoms with van der Waals surface area (Å²) in [6.07, 6.45) is 5.98. The van der Waals surface area contributed by atoms with Gasteiger partial charge in [-0.25, -0.2) is 9.97 Å². The van der Waals surface area contributed by atoms with E-state index in [0.29, 0.717) is 36.2 Å². The average molecular weight is 392 g/mol. The topological polar surface area (TPSA) is 68.5 Å². The van der Waals surface area contributed by atoms with Crippen LogP contribution in [0.25, 0.3) is 0 Å². The number of carbonyl (C=O) groups is 1. The number of nitrogens with zero attached hydrogens (tertiary/aromatic N) is 3. The molecular formula is C20H26ClN3O3. The van der Waals surface area contributed by atoms with Gasteiger partial charge in [0.25, 0.3) is 0 Å². The van der Waals surface area contributed by atoms with Gasteiger partial charge in [-0.05, 0) is 18.9 Å². The Labute approximate surface area is 164 Å². The first-order chi connectivity index (χ1) is 12.8. The molecule has 0 N–H and O–H groups in total. The van der Waals surface area contributed by atoms with Crippen LogP contribution in [-0.2, 0) is 16.6 Å². The lowest BCUT2D eigenvalue weighted by Crippen LogP contribution is -2.44. The number of amides is 1. The lowest BCUT2D eigenvalue weighted by atomic mass is 9.94. The normalized spacial score (nSPS) is 17.8. The van der Waals surface area contributed by atoms with E-state index in [2.05, 4.69) is 30.7 Å². The lowest BCUT2D eigenvalue weighted by molar-refractivity contribution is -0.133. The number of hydrogen-bond acceptors (Lipinski definition) is 5. The first-order valence-electron chi connectivity index (χ1n) is 9.32. The van der Waals surface area contributed by atoms with E-state index in [9.17, 15) is 4.79 Å². The minimum absolute atomic E-state index is 0.0504. The molecule has 7 heteroatoms. The van der Waals surface area contributed by atoms with Gasteiger partial charge < -0.3 is 14.1 Å². The SMILES string of the molecule is CC(C)(C)c1cnc(CCC(=O)N2CCCC(Oc3ccc(Cl)cn3)C2)o1. The molecule has 0 saturated carbocycles. The van der Waals surface area contributed by atoms with Crippen LogP contribution < -0.4 is 4.74 Å². The highest BCUT2D eigenvalue weighted by Crippen LogP contribution is 2.23. The molecule has 1 amide bonds. The van der Waals surface area contributed by atoms with Gasteiger partial charge in [0.05, 0.1) is 17.8 Å². The largest absolute Gasteiger partial charge is 0.472 e. The fourth-order valence-corrected chi connectivity index (χ4v) is 3.12. The molecule has 0 aromatic carbocycles. The Morgan fingerprint density at radius 1 is 1.33 bits per heavy atom. The van der Waals surface area contributed by atoms with Crippen LogP contribution >= 0.6 is 11.6 Å². The molecule has 0 aliphatic carbocycles. The van der Waals surface area contributed by atoms with E-state index in [4.69, 9.17) is 20.8 Å². The van der Waals surface area contributed by atoms with Gasteiger partial charge in [0.15, 0.2) is 5.89 Å². The predicted molar refractivity (Wildman–Crippen MR) is 103 cm³/mol. The molecule has 0 spiro atoms. The van der Waals surface area contributed by atoms with E-state index < -0.39 is 0 Å². The van der Waals surface area contributed by atoms with Crippen LogP contribution in [0.5, 0.6) is 5.88 Å². The number of aryl methyl sites for hydroxylation is 1. The zero-order valence-electron chi connectivity index (χ0n) is 16.1. The molecule has 1 aliphatic heterocycles. The van der Waals surface area contributed by atoms with E-state index in [1.807, 2.05) is 4.90 Å². The van der Waals surface area contributed by atoms with Gasteiger partial charge in [-0.3, -0.25) is 4.79 Å². The number of hydrogen-bond donors (Lipinski definition) is 0. The van der Waals surface area contributed by atoms with Crippen LogP contribution in [0.2, 0.25) is 5.02 Å². The van der Waals surface area contributed by atoms with E-state index >= 15 is 0 Å². The van der Waals surface area contributed by atoms with Crippen molar-refractivity contribution in [3.8, 4) is 5.88 Å². The van der Waals surface area contributed by atoms with Crippen LogP contribution in [0.15, 0.2) is 28.9 Å². The summed E-state index contributed by atoms with van der Waals surface area (Å²) in [4.78, 5) is 22.9. The summed E-state index contributed by atoms with van der Waals surface area (Å²) < 4.78 is 11.7. The van der Waals surface area contributed by atoms with Crippen molar-refractivity contribution in [3.63, 3.8) is 0 Å². The van der Waals surface area contributed by atoms with Crippen molar-refractivity contribution < 1.29 is 13.9 Å². The van der Waals surface area contributed by atoms with Gasteiger partial charge in [0.2, 0.25) is 11.8 Å². The smallest absolute Gasteiger partial charge is 0.223 e. The Hall–Kier alpha value is -2.08. The van der Waals surface area contributed by atoms with Gasteiger partial charge in [-0.15, -0.1) is 0 Å². The summed E-state index contributed by atoms with van der Waals surface area (Å²) in [6, 6.07) is 3.50. The Bertz CT molecular complexity index is 768. The quantitative estimate of drug-likeness (QED) is 0.769. The van der Waals surface area contributed by atoms with E-state index in [1.165, 1.54) is 0 Å². The van der Waals surface area contributed by atoms with Crippen molar-refractivity contribution in [3.05, 3.63) is 41.2 Å². The summed E-state index contributed by atoms with van der Waals surface area (Å²) in [5.74, 6) is 2.09. The summed E-state index contributed by atoms with van der Waals surface area (Å²) in [5, 5.41) is 0.573. The summed E-state index contributed by atoms with van der Waals surface area (Å²) in [5.41, 5.74) is -0.0810. The zero-order chi connectivity index (χ0) is 19.4. The van der Waals surface area contributed by atoms with Crippen molar-refractivity contribution in [1.29, 1.82) is 0 Å². The first-order valence-corrected chi connectivity index (χ1v) is 9.70. The molecular weight excluding hydrogens is 366 g/mol. The van der Waals surface area contributed by atoms with Gasteiger partial charge in [0, 0.05) is 37.1 Å². The molecule has 3 heterocycles. The first kappa shape index (κ1) is 19.7.